The number of hydrogen-bond donors (Lipinski definition) is 0. The molecule has 4 aromatic rings. The fourth-order valence-electron chi connectivity index (χ4n) is 6.06. The molecule has 32 heavy (non-hydrogen) atoms. The summed E-state index contributed by atoms with van der Waals surface area (Å²) >= 11 is 0. The second-order valence-electron chi connectivity index (χ2n) is 9.47. The molecule has 2 saturated heterocycles. The average Bonchev–Trinajstić information content (AvgIpc) is 3.45. The lowest BCUT2D eigenvalue weighted by molar-refractivity contribution is 0.105. The number of benzene rings is 4. The van der Waals surface area contributed by atoms with E-state index in [1.165, 1.54) is 58.4 Å². The number of rotatable bonds is 5. The lowest BCUT2D eigenvalue weighted by Gasteiger charge is -2.36. The maximum Gasteiger partial charge on any atom is 0.383 e. The van der Waals surface area contributed by atoms with E-state index in [1.807, 2.05) is 0 Å². The van der Waals surface area contributed by atoms with Crippen LogP contribution in [-0.4, -0.2) is 24.4 Å². The van der Waals surface area contributed by atoms with Crippen LogP contribution in [0.3, 0.4) is 0 Å². The quantitative estimate of drug-likeness (QED) is 0.322. The molecule has 0 unspecified atom stereocenters. The lowest BCUT2D eigenvalue weighted by atomic mass is 9.75. The van der Waals surface area contributed by atoms with E-state index in [2.05, 4.69) is 96.7 Å². The van der Waals surface area contributed by atoms with Gasteiger partial charge < -0.3 is 9.47 Å². The summed E-state index contributed by atoms with van der Waals surface area (Å²) in [6.45, 7) is 3.41. The monoisotopic (exact) mass is 419 g/mol. The van der Waals surface area contributed by atoms with Gasteiger partial charge in [-0.1, -0.05) is 92.6 Å². The summed E-state index contributed by atoms with van der Waals surface area (Å²) in [5.74, 6) is 0. The Morgan fingerprint density at radius 2 is 1.44 bits per heavy atom. The molecule has 0 amide bonds. The number of unbranched alkanes of at least 4 members (excludes halogenated alkanes) is 1. The second kappa shape index (κ2) is 8.06. The minimum Gasteiger partial charge on any atom is -0.406 e. The molecule has 1 atom stereocenters. The SMILES string of the molecule is CCCCB1OC(c2ccc3ccccc3c2)(c2ccc3ccccc3c2)[C@H]2CCCN12. The van der Waals surface area contributed by atoms with Crippen molar-refractivity contribution in [2.45, 2.75) is 50.6 Å². The first kappa shape index (κ1) is 20.0. The summed E-state index contributed by atoms with van der Waals surface area (Å²) in [4.78, 5) is 2.67. The van der Waals surface area contributed by atoms with Gasteiger partial charge in [0.25, 0.3) is 0 Å². The molecule has 0 radical (unpaired) electrons. The van der Waals surface area contributed by atoms with Crippen LogP contribution >= 0.6 is 0 Å². The predicted molar refractivity (Wildman–Crippen MR) is 135 cm³/mol. The van der Waals surface area contributed by atoms with Gasteiger partial charge in [-0.2, -0.15) is 0 Å². The number of hydrogen-bond acceptors (Lipinski definition) is 2. The Hall–Kier alpha value is -2.62. The molecule has 0 aromatic heterocycles. The first-order valence-electron chi connectivity index (χ1n) is 12.2. The van der Waals surface area contributed by atoms with Gasteiger partial charge in [-0.25, -0.2) is 0 Å². The fraction of sp³-hybridized carbons (Fsp3) is 0.310. The Morgan fingerprint density at radius 3 is 2.03 bits per heavy atom. The Balaban J connectivity index is 1.56. The van der Waals surface area contributed by atoms with Crippen molar-refractivity contribution in [1.29, 1.82) is 0 Å². The smallest absolute Gasteiger partial charge is 0.383 e. The van der Waals surface area contributed by atoms with Crippen LogP contribution in [0.2, 0.25) is 6.32 Å². The highest BCUT2D eigenvalue weighted by atomic mass is 16.5. The van der Waals surface area contributed by atoms with Crippen LogP contribution in [0.4, 0.5) is 0 Å². The Morgan fingerprint density at radius 1 is 0.844 bits per heavy atom. The summed E-state index contributed by atoms with van der Waals surface area (Å²) in [5.41, 5.74) is 2.16. The maximum absolute atomic E-state index is 7.21. The fourth-order valence-corrected chi connectivity index (χ4v) is 6.06. The minimum absolute atomic E-state index is 0.195. The molecule has 2 aliphatic heterocycles. The molecule has 2 heterocycles. The summed E-state index contributed by atoms with van der Waals surface area (Å²) < 4.78 is 7.21. The number of fused-ring (bicyclic) bond motifs is 3. The van der Waals surface area contributed by atoms with Crippen molar-refractivity contribution >= 4 is 28.6 Å². The standard InChI is InChI=1S/C29H30BNO/c1-2-3-18-30-31-19-8-13-28(31)29(32-30,26-16-14-22-9-4-6-11-24(22)20-26)27-17-15-23-10-5-7-12-25(23)21-27/h4-7,9-12,14-17,20-21,28H,2-3,8,13,18-19H2,1H3/t28-/m1/s1. The maximum atomic E-state index is 7.21. The molecule has 0 aliphatic carbocycles. The zero-order valence-electron chi connectivity index (χ0n) is 18.8. The highest BCUT2D eigenvalue weighted by Gasteiger charge is 2.58. The first-order chi connectivity index (χ1) is 15.8. The van der Waals surface area contributed by atoms with Crippen molar-refractivity contribution in [3.63, 3.8) is 0 Å². The summed E-state index contributed by atoms with van der Waals surface area (Å²) in [7, 11) is 0.195. The molecule has 2 aliphatic rings. The molecular weight excluding hydrogens is 389 g/mol. The van der Waals surface area contributed by atoms with Crippen LogP contribution in [-0.2, 0) is 10.3 Å². The zero-order chi connectivity index (χ0) is 21.5. The topological polar surface area (TPSA) is 12.5 Å². The molecule has 2 nitrogen and oxygen atoms in total. The van der Waals surface area contributed by atoms with Crippen molar-refractivity contribution in [3.05, 3.63) is 96.1 Å². The van der Waals surface area contributed by atoms with Crippen molar-refractivity contribution < 1.29 is 4.65 Å². The summed E-state index contributed by atoms with van der Waals surface area (Å²) in [5, 5.41) is 5.15. The minimum atomic E-state index is -0.428. The molecule has 0 spiro atoms. The molecule has 0 bridgehead atoms. The normalized spacial score (nSPS) is 20.3. The van der Waals surface area contributed by atoms with E-state index in [0.717, 1.165) is 12.9 Å². The van der Waals surface area contributed by atoms with Crippen LogP contribution in [0, 0.1) is 0 Å². The van der Waals surface area contributed by atoms with E-state index in [1.54, 1.807) is 0 Å². The van der Waals surface area contributed by atoms with Gasteiger partial charge in [-0.3, -0.25) is 0 Å². The Kier molecular flexibility index (Phi) is 5.04. The van der Waals surface area contributed by atoms with Gasteiger partial charge in [0.05, 0.1) is 0 Å². The molecule has 2 fully saturated rings. The Labute approximate surface area is 191 Å². The summed E-state index contributed by atoms with van der Waals surface area (Å²) in [6.07, 6.45) is 5.95. The molecule has 6 rings (SSSR count). The van der Waals surface area contributed by atoms with Gasteiger partial charge in [0.2, 0.25) is 0 Å². The van der Waals surface area contributed by atoms with Crippen molar-refractivity contribution in [3.8, 4) is 0 Å². The third kappa shape index (κ3) is 3.10. The lowest BCUT2D eigenvalue weighted by Crippen LogP contribution is -2.41. The van der Waals surface area contributed by atoms with Crippen LogP contribution < -0.4 is 0 Å². The molecule has 160 valence electrons. The van der Waals surface area contributed by atoms with Crippen molar-refractivity contribution in [1.82, 2.24) is 4.81 Å². The van der Waals surface area contributed by atoms with E-state index < -0.39 is 5.60 Å². The molecule has 0 saturated carbocycles. The van der Waals surface area contributed by atoms with Gasteiger partial charge >= 0.3 is 7.05 Å². The third-order valence-corrected chi connectivity index (χ3v) is 7.62. The van der Waals surface area contributed by atoms with Crippen LogP contribution in [0.25, 0.3) is 21.5 Å². The second-order valence-corrected chi connectivity index (χ2v) is 9.47. The predicted octanol–water partition coefficient (Wildman–Crippen LogP) is 7.02. The van der Waals surface area contributed by atoms with Crippen LogP contribution in [0.5, 0.6) is 0 Å². The zero-order valence-corrected chi connectivity index (χ0v) is 18.8. The van der Waals surface area contributed by atoms with Crippen molar-refractivity contribution in [2.24, 2.45) is 0 Å². The molecule has 4 aromatic carbocycles. The van der Waals surface area contributed by atoms with E-state index in [0.29, 0.717) is 6.04 Å². The molecular formula is C29H30BNO. The van der Waals surface area contributed by atoms with Crippen LogP contribution in [0.1, 0.15) is 43.7 Å². The van der Waals surface area contributed by atoms with E-state index in [4.69, 9.17) is 4.65 Å². The highest BCUT2D eigenvalue weighted by Crippen LogP contribution is 2.50. The van der Waals surface area contributed by atoms with Gasteiger partial charge in [0, 0.05) is 6.04 Å². The van der Waals surface area contributed by atoms with Gasteiger partial charge in [-0.15, -0.1) is 0 Å². The van der Waals surface area contributed by atoms with Gasteiger partial charge in [0.1, 0.15) is 5.60 Å². The number of nitrogens with zero attached hydrogens (tertiary/aromatic N) is 1. The van der Waals surface area contributed by atoms with Crippen molar-refractivity contribution in [2.75, 3.05) is 6.54 Å². The third-order valence-electron chi connectivity index (χ3n) is 7.62. The van der Waals surface area contributed by atoms with Gasteiger partial charge in [0.15, 0.2) is 0 Å². The largest absolute Gasteiger partial charge is 0.406 e. The van der Waals surface area contributed by atoms with E-state index in [-0.39, 0.29) is 7.05 Å². The molecule has 3 heteroatoms. The summed E-state index contributed by atoms with van der Waals surface area (Å²) in [6, 6.07) is 31.7. The molecule has 0 N–H and O–H groups in total. The van der Waals surface area contributed by atoms with Crippen LogP contribution in [0.15, 0.2) is 84.9 Å². The average molecular weight is 419 g/mol. The van der Waals surface area contributed by atoms with E-state index >= 15 is 0 Å². The van der Waals surface area contributed by atoms with Gasteiger partial charge in [-0.05, 0) is 70.5 Å². The first-order valence-corrected chi connectivity index (χ1v) is 12.2. The van der Waals surface area contributed by atoms with E-state index in [9.17, 15) is 0 Å². The Bertz CT molecular complexity index is 1190. The highest BCUT2D eigenvalue weighted by molar-refractivity contribution is 6.50.